The van der Waals surface area contributed by atoms with Gasteiger partial charge in [-0.05, 0) is 71.2 Å². The van der Waals surface area contributed by atoms with Crippen LogP contribution in [0.25, 0.3) is 0 Å². The summed E-state index contributed by atoms with van der Waals surface area (Å²) in [6.07, 6.45) is 7.51. The van der Waals surface area contributed by atoms with Crippen molar-refractivity contribution in [2.24, 2.45) is 11.3 Å². The number of hydrogen-bond donors (Lipinski definition) is 0. The van der Waals surface area contributed by atoms with Crippen molar-refractivity contribution in [1.82, 2.24) is 0 Å². The molecule has 154 valence electrons. The topological polar surface area (TPSA) is 46.2 Å². The van der Waals surface area contributed by atoms with Gasteiger partial charge < -0.3 is 23.5 Å². The second-order valence-electron chi connectivity index (χ2n) is 9.58. The summed E-state index contributed by atoms with van der Waals surface area (Å²) in [4.78, 5) is 0. The average molecular weight is 380 g/mol. The molecule has 0 spiro atoms. The molecule has 0 amide bonds. The molecule has 5 nitrogen and oxygen atoms in total. The van der Waals surface area contributed by atoms with Crippen molar-refractivity contribution in [3.63, 3.8) is 0 Å². The van der Waals surface area contributed by atoms with E-state index >= 15 is 0 Å². The molecule has 3 aliphatic rings. The molecule has 1 atom stereocenters. The van der Waals surface area contributed by atoms with Crippen LogP contribution in [-0.2, 0) is 23.5 Å². The van der Waals surface area contributed by atoms with E-state index < -0.39 is 0 Å². The SMILES string of the molecule is COCC1(COCC2CCOCC2)CC=C(B2OC(C)(C)C(C)(C)O2)CC1. The first kappa shape index (κ1) is 21.3. The molecule has 0 N–H and O–H groups in total. The maximum absolute atomic E-state index is 6.23. The van der Waals surface area contributed by atoms with Gasteiger partial charge in [-0.3, -0.25) is 0 Å². The zero-order valence-corrected chi connectivity index (χ0v) is 17.8. The minimum atomic E-state index is -0.285. The van der Waals surface area contributed by atoms with E-state index in [1.165, 1.54) is 5.47 Å². The van der Waals surface area contributed by atoms with Crippen molar-refractivity contribution < 1.29 is 23.5 Å². The smallest absolute Gasteiger partial charge is 0.400 e. The Labute approximate surface area is 165 Å². The monoisotopic (exact) mass is 380 g/mol. The van der Waals surface area contributed by atoms with E-state index in [9.17, 15) is 0 Å². The molecular formula is C21H37BO5. The van der Waals surface area contributed by atoms with Crippen molar-refractivity contribution in [3.05, 3.63) is 11.5 Å². The number of allylic oxidation sites excluding steroid dienone is 2. The third-order valence-electron chi connectivity index (χ3n) is 6.85. The Morgan fingerprint density at radius 3 is 2.30 bits per heavy atom. The van der Waals surface area contributed by atoms with Crippen LogP contribution < -0.4 is 0 Å². The zero-order valence-electron chi connectivity index (χ0n) is 17.8. The quantitative estimate of drug-likeness (QED) is 0.629. The molecule has 0 aromatic carbocycles. The number of rotatable bonds is 7. The predicted molar refractivity (Wildman–Crippen MR) is 107 cm³/mol. The van der Waals surface area contributed by atoms with Crippen molar-refractivity contribution in [2.45, 2.75) is 71.0 Å². The predicted octanol–water partition coefficient (Wildman–Crippen LogP) is 3.80. The summed E-state index contributed by atoms with van der Waals surface area (Å²) in [6.45, 7) is 12.5. The van der Waals surface area contributed by atoms with Crippen LogP contribution in [-0.4, -0.2) is 58.5 Å². The van der Waals surface area contributed by atoms with E-state index in [4.69, 9.17) is 23.5 Å². The molecule has 2 heterocycles. The molecule has 6 heteroatoms. The zero-order chi connectivity index (χ0) is 19.5. The standard InChI is InChI=1S/C21H37BO5/c1-19(2)20(3,4)27-22(26-19)18-6-10-21(11-7-18,15-23-5)16-25-14-17-8-12-24-13-9-17/h6,17H,7-16H2,1-5H3. The van der Waals surface area contributed by atoms with Crippen LogP contribution in [0.1, 0.15) is 59.8 Å². The van der Waals surface area contributed by atoms with Gasteiger partial charge in [0.25, 0.3) is 0 Å². The van der Waals surface area contributed by atoms with E-state index in [0.29, 0.717) is 5.92 Å². The van der Waals surface area contributed by atoms with Gasteiger partial charge in [0.2, 0.25) is 0 Å². The first-order valence-electron chi connectivity index (χ1n) is 10.5. The fourth-order valence-electron chi connectivity index (χ4n) is 4.13. The summed E-state index contributed by atoms with van der Waals surface area (Å²) in [5.74, 6) is 0.637. The molecule has 0 radical (unpaired) electrons. The van der Waals surface area contributed by atoms with Gasteiger partial charge in [-0.1, -0.05) is 6.08 Å². The highest BCUT2D eigenvalue weighted by molar-refractivity contribution is 6.54. The second-order valence-corrected chi connectivity index (χ2v) is 9.58. The second kappa shape index (κ2) is 8.54. The lowest BCUT2D eigenvalue weighted by Gasteiger charge is -2.36. The third kappa shape index (κ3) is 4.97. The largest absolute Gasteiger partial charge is 0.490 e. The lowest BCUT2D eigenvalue weighted by atomic mass is 9.66. The minimum Gasteiger partial charge on any atom is -0.400 e. The molecular weight excluding hydrogens is 343 g/mol. The van der Waals surface area contributed by atoms with Gasteiger partial charge in [0.15, 0.2) is 0 Å². The van der Waals surface area contributed by atoms with Crippen LogP contribution in [0.15, 0.2) is 11.5 Å². The Hall–Kier alpha value is -0.395. The van der Waals surface area contributed by atoms with Gasteiger partial charge in [-0.25, -0.2) is 0 Å². The fraction of sp³-hybridized carbons (Fsp3) is 0.905. The highest BCUT2D eigenvalue weighted by atomic mass is 16.7. The van der Waals surface area contributed by atoms with Gasteiger partial charge >= 0.3 is 7.12 Å². The highest BCUT2D eigenvalue weighted by Crippen LogP contribution is 2.43. The van der Waals surface area contributed by atoms with E-state index in [0.717, 1.165) is 65.1 Å². The number of hydrogen-bond acceptors (Lipinski definition) is 5. The Balaban J connectivity index is 1.55. The first-order valence-corrected chi connectivity index (χ1v) is 10.5. The summed E-state index contributed by atoms with van der Waals surface area (Å²) in [7, 11) is 1.56. The van der Waals surface area contributed by atoms with Gasteiger partial charge in [0.1, 0.15) is 0 Å². The first-order chi connectivity index (χ1) is 12.8. The fourth-order valence-corrected chi connectivity index (χ4v) is 4.13. The maximum Gasteiger partial charge on any atom is 0.490 e. The van der Waals surface area contributed by atoms with Crippen LogP contribution in [0.3, 0.4) is 0 Å². The molecule has 3 rings (SSSR count). The van der Waals surface area contributed by atoms with Crippen LogP contribution in [0, 0.1) is 11.3 Å². The summed E-state index contributed by atoms with van der Waals surface area (Å²) in [6, 6.07) is 0. The van der Waals surface area contributed by atoms with Crippen molar-refractivity contribution in [3.8, 4) is 0 Å². The molecule has 27 heavy (non-hydrogen) atoms. The number of methoxy groups -OCH3 is 1. The maximum atomic E-state index is 6.23. The van der Waals surface area contributed by atoms with Crippen LogP contribution in [0.2, 0.25) is 0 Å². The van der Waals surface area contributed by atoms with Crippen molar-refractivity contribution >= 4 is 7.12 Å². The van der Waals surface area contributed by atoms with Gasteiger partial charge in [0, 0.05) is 32.3 Å². The van der Waals surface area contributed by atoms with E-state index in [1.54, 1.807) is 7.11 Å². The minimum absolute atomic E-state index is 0.0626. The number of ether oxygens (including phenoxy) is 3. The molecule has 0 aromatic rings. The van der Waals surface area contributed by atoms with Gasteiger partial charge in [-0.2, -0.15) is 0 Å². The van der Waals surface area contributed by atoms with Crippen molar-refractivity contribution in [2.75, 3.05) is 40.1 Å². The summed E-state index contributed by atoms with van der Waals surface area (Å²) < 4.78 is 29.6. The van der Waals surface area contributed by atoms with E-state index in [1.807, 2.05) is 0 Å². The van der Waals surface area contributed by atoms with Crippen LogP contribution in [0.4, 0.5) is 0 Å². The Morgan fingerprint density at radius 1 is 1.07 bits per heavy atom. The van der Waals surface area contributed by atoms with E-state index in [2.05, 4.69) is 33.8 Å². The third-order valence-corrected chi connectivity index (χ3v) is 6.85. The highest BCUT2D eigenvalue weighted by Gasteiger charge is 2.53. The van der Waals surface area contributed by atoms with Crippen LogP contribution in [0.5, 0.6) is 0 Å². The molecule has 1 aliphatic carbocycles. The molecule has 2 fully saturated rings. The van der Waals surface area contributed by atoms with Gasteiger partial charge in [0.05, 0.1) is 24.4 Å². The average Bonchev–Trinajstić information content (AvgIpc) is 2.84. The van der Waals surface area contributed by atoms with Crippen molar-refractivity contribution in [1.29, 1.82) is 0 Å². The van der Waals surface area contributed by atoms with E-state index in [-0.39, 0.29) is 23.7 Å². The summed E-state index contributed by atoms with van der Waals surface area (Å²) in [5, 5.41) is 0. The summed E-state index contributed by atoms with van der Waals surface area (Å²) >= 11 is 0. The molecule has 0 saturated carbocycles. The Bertz CT molecular complexity index is 511. The van der Waals surface area contributed by atoms with Crippen LogP contribution >= 0.6 is 0 Å². The molecule has 2 aliphatic heterocycles. The molecule has 0 bridgehead atoms. The molecule has 2 saturated heterocycles. The molecule has 0 aromatic heterocycles. The Morgan fingerprint density at radius 2 is 1.74 bits per heavy atom. The lowest BCUT2D eigenvalue weighted by molar-refractivity contribution is -0.0384. The summed E-state index contributed by atoms with van der Waals surface area (Å²) in [5.41, 5.74) is 0.760. The Kier molecular flexibility index (Phi) is 6.74. The lowest BCUT2D eigenvalue weighted by Crippen LogP contribution is -2.41. The molecule has 1 unspecified atom stereocenters. The normalized spacial score (nSPS) is 31.1. The van der Waals surface area contributed by atoms with Gasteiger partial charge in [-0.15, -0.1) is 0 Å².